The van der Waals surface area contributed by atoms with Crippen LogP contribution in [0.1, 0.15) is 20.3 Å². The molecule has 0 bridgehead atoms. The summed E-state index contributed by atoms with van der Waals surface area (Å²) in [7, 11) is -3.16. The number of nitrogens with one attached hydrogen (secondary N) is 1. The van der Waals surface area contributed by atoms with E-state index in [0.29, 0.717) is 18.6 Å². The van der Waals surface area contributed by atoms with Crippen LogP contribution in [0.4, 0.5) is 0 Å². The Balaban J connectivity index is 3.55. The van der Waals surface area contributed by atoms with Crippen molar-refractivity contribution in [1.82, 2.24) is 4.72 Å². The van der Waals surface area contributed by atoms with Gasteiger partial charge in [-0.05, 0) is 13.8 Å². The van der Waals surface area contributed by atoms with Gasteiger partial charge in [-0.2, -0.15) is 0 Å². The molecule has 0 amide bonds. The molecule has 0 aliphatic carbocycles. The molecule has 0 aliphatic heterocycles. The summed E-state index contributed by atoms with van der Waals surface area (Å²) in [5.41, 5.74) is 0.361. The highest BCUT2D eigenvalue weighted by Crippen LogP contribution is 2.02. The summed E-state index contributed by atoms with van der Waals surface area (Å²) >= 11 is 0. The number of hydrogen-bond donors (Lipinski definition) is 1. The van der Waals surface area contributed by atoms with Crippen molar-refractivity contribution in [2.24, 2.45) is 0 Å². The standard InChI is InChI=1S/C11H21NO5S/c1-9(2)11(13)17-10(3)5-7-16-8-6-12-18(4,14)15/h10,12H,1,5-8H2,2-4H3. The van der Waals surface area contributed by atoms with Gasteiger partial charge in [0.05, 0.1) is 19.5 Å². The van der Waals surface area contributed by atoms with Gasteiger partial charge in [0, 0.05) is 18.5 Å². The molecule has 0 saturated heterocycles. The van der Waals surface area contributed by atoms with Gasteiger partial charge in [-0.15, -0.1) is 0 Å². The van der Waals surface area contributed by atoms with E-state index in [4.69, 9.17) is 9.47 Å². The molecule has 1 unspecified atom stereocenters. The second-order valence-corrected chi connectivity index (χ2v) is 5.90. The molecule has 0 fully saturated rings. The first-order valence-electron chi connectivity index (χ1n) is 5.61. The molecule has 0 heterocycles. The largest absolute Gasteiger partial charge is 0.459 e. The molecule has 0 aromatic rings. The first kappa shape index (κ1) is 17.1. The molecule has 0 rings (SSSR count). The van der Waals surface area contributed by atoms with E-state index in [0.717, 1.165) is 6.26 Å². The summed E-state index contributed by atoms with van der Waals surface area (Å²) in [5.74, 6) is -0.416. The highest BCUT2D eigenvalue weighted by atomic mass is 32.2. The van der Waals surface area contributed by atoms with E-state index < -0.39 is 16.0 Å². The number of rotatable bonds is 9. The van der Waals surface area contributed by atoms with Gasteiger partial charge in [-0.1, -0.05) is 6.58 Å². The minimum Gasteiger partial charge on any atom is -0.459 e. The van der Waals surface area contributed by atoms with Gasteiger partial charge < -0.3 is 9.47 Å². The molecule has 106 valence electrons. The molecule has 0 aromatic carbocycles. The third-order valence-corrected chi connectivity index (χ3v) is 2.66. The Morgan fingerprint density at radius 3 is 2.50 bits per heavy atom. The van der Waals surface area contributed by atoms with E-state index in [-0.39, 0.29) is 19.3 Å². The minimum absolute atomic E-state index is 0.235. The fraction of sp³-hybridized carbons (Fsp3) is 0.727. The molecule has 6 nitrogen and oxygen atoms in total. The van der Waals surface area contributed by atoms with Gasteiger partial charge in [0.2, 0.25) is 10.0 Å². The predicted octanol–water partition coefficient (Wildman–Crippen LogP) is 0.450. The van der Waals surface area contributed by atoms with Crippen molar-refractivity contribution in [1.29, 1.82) is 0 Å². The smallest absolute Gasteiger partial charge is 0.333 e. The van der Waals surface area contributed by atoms with Crippen molar-refractivity contribution in [2.45, 2.75) is 26.4 Å². The number of sulfonamides is 1. The third-order valence-electron chi connectivity index (χ3n) is 1.94. The fourth-order valence-electron chi connectivity index (χ4n) is 0.993. The fourth-order valence-corrected chi connectivity index (χ4v) is 1.45. The molecule has 1 atom stereocenters. The molecule has 0 radical (unpaired) electrons. The molecule has 0 aromatic heterocycles. The molecule has 0 aliphatic rings. The zero-order valence-electron chi connectivity index (χ0n) is 11.1. The van der Waals surface area contributed by atoms with Gasteiger partial charge in [-0.25, -0.2) is 17.9 Å². The third kappa shape index (κ3) is 10.2. The molecule has 18 heavy (non-hydrogen) atoms. The Morgan fingerprint density at radius 1 is 1.39 bits per heavy atom. The van der Waals surface area contributed by atoms with Crippen LogP contribution < -0.4 is 4.72 Å². The van der Waals surface area contributed by atoms with Gasteiger partial charge in [0.15, 0.2) is 0 Å². The second-order valence-electron chi connectivity index (χ2n) is 4.06. The van der Waals surface area contributed by atoms with Gasteiger partial charge in [-0.3, -0.25) is 0 Å². The zero-order valence-corrected chi connectivity index (χ0v) is 11.9. The highest BCUT2D eigenvalue weighted by molar-refractivity contribution is 7.88. The zero-order chi connectivity index (χ0) is 14.2. The average Bonchev–Trinajstić information content (AvgIpc) is 2.21. The highest BCUT2D eigenvalue weighted by Gasteiger charge is 2.09. The maximum Gasteiger partial charge on any atom is 0.333 e. The van der Waals surface area contributed by atoms with Crippen LogP contribution in [0.3, 0.4) is 0 Å². The Morgan fingerprint density at radius 2 is 2.00 bits per heavy atom. The monoisotopic (exact) mass is 279 g/mol. The van der Waals surface area contributed by atoms with Crippen molar-refractivity contribution in [2.75, 3.05) is 26.0 Å². The lowest BCUT2D eigenvalue weighted by Crippen LogP contribution is -2.26. The summed E-state index contributed by atoms with van der Waals surface area (Å²) in [4.78, 5) is 11.2. The topological polar surface area (TPSA) is 81.7 Å². The van der Waals surface area contributed by atoms with Crippen molar-refractivity contribution in [3.05, 3.63) is 12.2 Å². The number of esters is 1. The Bertz CT molecular complexity index is 377. The quantitative estimate of drug-likeness (QED) is 0.376. The average molecular weight is 279 g/mol. The SMILES string of the molecule is C=C(C)C(=O)OC(C)CCOCCNS(C)(=O)=O. The summed E-state index contributed by atoms with van der Waals surface area (Å²) in [6.45, 7) is 7.75. The Kier molecular flexibility index (Phi) is 7.81. The summed E-state index contributed by atoms with van der Waals surface area (Å²) in [6.07, 6.45) is 1.39. The van der Waals surface area contributed by atoms with E-state index in [2.05, 4.69) is 11.3 Å². The molecular formula is C11H21NO5S. The lowest BCUT2D eigenvalue weighted by Gasteiger charge is -2.13. The van der Waals surface area contributed by atoms with Crippen LogP contribution in [0.25, 0.3) is 0 Å². The number of ether oxygens (including phenoxy) is 2. The van der Waals surface area contributed by atoms with Crippen molar-refractivity contribution >= 4 is 16.0 Å². The summed E-state index contributed by atoms with van der Waals surface area (Å²) < 4.78 is 34.0. The van der Waals surface area contributed by atoms with Crippen LogP contribution in [-0.2, 0) is 24.3 Å². The summed E-state index contributed by atoms with van der Waals surface area (Å²) in [5, 5.41) is 0. The lowest BCUT2D eigenvalue weighted by molar-refractivity contribution is -0.144. The summed E-state index contributed by atoms with van der Waals surface area (Å²) in [6, 6.07) is 0. The van der Waals surface area contributed by atoms with Crippen molar-refractivity contribution < 1.29 is 22.7 Å². The molecule has 0 saturated carbocycles. The van der Waals surface area contributed by atoms with Gasteiger partial charge >= 0.3 is 5.97 Å². The molecule has 0 spiro atoms. The van der Waals surface area contributed by atoms with Crippen molar-refractivity contribution in [3.63, 3.8) is 0 Å². The van der Waals surface area contributed by atoms with Crippen LogP contribution in [0.15, 0.2) is 12.2 Å². The maximum absolute atomic E-state index is 11.2. The van der Waals surface area contributed by atoms with Gasteiger partial charge in [0.25, 0.3) is 0 Å². The van der Waals surface area contributed by atoms with Crippen LogP contribution in [0.2, 0.25) is 0 Å². The van der Waals surface area contributed by atoms with Crippen LogP contribution in [-0.4, -0.2) is 46.5 Å². The van der Waals surface area contributed by atoms with E-state index >= 15 is 0 Å². The Labute approximate surface area is 108 Å². The minimum atomic E-state index is -3.16. The molecular weight excluding hydrogens is 258 g/mol. The van der Waals surface area contributed by atoms with Crippen LogP contribution >= 0.6 is 0 Å². The van der Waals surface area contributed by atoms with E-state index in [1.54, 1.807) is 13.8 Å². The van der Waals surface area contributed by atoms with Gasteiger partial charge in [0.1, 0.15) is 6.10 Å². The van der Waals surface area contributed by atoms with Crippen LogP contribution in [0.5, 0.6) is 0 Å². The maximum atomic E-state index is 11.2. The number of carbonyl (C=O) groups is 1. The van der Waals surface area contributed by atoms with E-state index in [1.807, 2.05) is 0 Å². The first-order valence-corrected chi connectivity index (χ1v) is 7.50. The first-order chi connectivity index (χ1) is 8.22. The molecule has 7 heteroatoms. The number of hydrogen-bond acceptors (Lipinski definition) is 5. The Hall–Kier alpha value is -0.920. The normalized spacial score (nSPS) is 13.1. The number of carbonyl (C=O) groups excluding carboxylic acids is 1. The van der Waals surface area contributed by atoms with E-state index in [1.165, 1.54) is 0 Å². The van der Waals surface area contributed by atoms with Crippen LogP contribution in [0, 0.1) is 0 Å². The predicted molar refractivity (Wildman–Crippen MR) is 68.7 cm³/mol. The lowest BCUT2D eigenvalue weighted by atomic mass is 10.3. The van der Waals surface area contributed by atoms with E-state index in [9.17, 15) is 13.2 Å². The second kappa shape index (κ2) is 8.23. The molecule has 1 N–H and O–H groups in total. The van der Waals surface area contributed by atoms with Crippen molar-refractivity contribution in [3.8, 4) is 0 Å².